The van der Waals surface area contributed by atoms with Crippen molar-refractivity contribution in [3.05, 3.63) is 35.9 Å². The summed E-state index contributed by atoms with van der Waals surface area (Å²) in [6.07, 6.45) is 1.06. The van der Waals surface area contributed by atoms with Gasteiger partial charge in [-0.2, -0.15) is 0 Å². The minimum Gasteiger partial charge on any atom is -0.444 e. The van der Waals surface area contributed by atoms with Gasteiger partial charge in [-0.25, -0.2) is 4.79 Å². The number of amides is 1. The van der Waals surface area contributed by atoms with Gasteiger partial charge >= 0.3 is 12.5 Å². The molecule has 1 fully saturated rings. The lowest BCUT2D eigenvalue weighted by molar-refractivity contribution is -0.274. The zero-order valence-corrected chi connectivity index (χ0v) is 16.6. The third-order valence-corrected chi connectivity index (χ3v) is 4.45. The van der Waals surface area contributed by atoms with Crippen LogP contribution in [-0.4, -0.2) is 29.0 Å². The molecule has 0 spiro atoms. The van der Waals surface area contributed by atoms with E-state index in [2.05, 4.69) is 11.3 Å². The molecule has 0 radical (unpaired) electrons. The second kappa shape index (κ2) is 8.88. The molecular weight excluding hydrogens is 371 g/mol. The Morgan fingerprint density at radius 1 is 1.18 bits per heavy atom. The molecule has 1 aromatic carbocycles. The molecule has 0 heterocycles. The highest BCUT2D eigenvalue weighted by atomic mass is 19.4. The number of ether oxygens (including phenoxy) is 2. The van der Waals surface area contributed by atoms with Crippen molar-refractivity contribution in [2.24, 2.45) is 0 Å². The summed E-state index contributed by atoms with van der Waals surface area (Å²) in [5.41, 5.74) is 0.370. The van der Waals surface area contributed by atoms with Crippen LogP contribution in [0.5, 0.6) is 5.75 Å². The van der Waals surface area contributed by atoms with Gasteiger partial charge in [-0.15, -0.1) is 13.2 Å². The lowest BCUT2D eigenvalue weighted by Gasteiger charge is -2.35. The van der Waals surface area contributed by atoms with Crippen molar-refractivity contribution in [2.75, 3.05) is 0 Å². The Bertz CT molecular complexity index is 689. The van der Waals surface area contributed by atoms with Gasteiger partial charge in [-0.3, -0.25) is 0 Å². The van der Waals surface area contributed by atoms with Crippen LogP contribution in [-0.2, 0) is 11.3 Å². The number of alkyl halides is 3. The number of nitrogens with zero attached hydrogens (tertiary/aromatic N) is 1. The quantitative estimate of drug-likeness (QED) is 0.583. The van der Waals surface area contributed by atoms with Gasteiger partial charge in [0.05, 0.1) is 0 Å². The summed E-state index contributed by atoms with van der Waals surface area (Å²) in [4.78, 5) is 14.4. The molecule has 0 atom stereocenters. The molecule has 0 N–H and O–H groups in total. The van der Waals surface area contributed by atoms with E-state index in [1.165, 1.54) is 18.2 Å². The monoisotopic (exact) mass is 399 g/mol. The predicted molar refractivity (Wildman–Crippen MR) is 102 cm³/mol. The molecule has 28 heavy (non-hydrogen) atoms. The van der Waals surface area contributed by atoms with Gasteiger partial charge < -0.3 is 14.4 Å². The fraction of sp³-hybridized carbons (Fsp3) is 0.571. The van der Waals surface area contributed by atoms with Crippen molar-refractivity contribution in [3.8, 4) is 5.75 Å². The average molecular weight is 399 g/mol. The minimum absolute atomic E-state index is 0.00275. The Balaban J connectivity index is 2.30. The Kier molecular flexibility index (Phi) is 7.01. The molecule has 156 valence electrons. The lowest BCUT2D eigenvalue weighted by atomic mass is 9.94. The van der Waals surface area contributed by atoms with Crippen LogP contribution in [0.1, 0.15) is 64.0 Å². The number of halogens is 3. The van der Waals surface area contributed by atoms with Crippen LogP contribution in [0.2, 0.25) is 0 Å². The summed E-state index contributed by atoms with van der Waals surface area (Å²) in [6.45, 7) is 9.14. The van der Waals surface area contributed by atoms with Gasteiger partial charge in [0.2, 0.25) is 0 Å². The molecule has 1 aliphatic rings. The molecule has 2 rings (SSSR count). The minimum atomic E-state index is -4.79. The molecule has 0 saturated heterocycles. The maximum absolute atomic E-state index is 12.8. The number of rotatable bonds is 5. The summed E-state index contributed by atoms with van der Waals surface area (Å²) >= 11 is 0. The first-order valence-corrected chi connectivity index (χ1v) is 9.48. The first kappa shape index (κ1) is 22.1. The van der Waals surface area contributed by atoms with E-state index < -0.39 is 18.1 Å². The summed E-state index contributed by atoms with van der Waals surface area (Å²) in [5, 5.41) is 0. The van der Waals surface area contributed by atoms with E-state index in [-0.39, 0.29) is 18.3 Å². The molecule has 1 aliphatic carbocycles. The summed E-state index contributed by atoms with van der Waals surface area (Å²) in [5.74, 6) is -0.326. The zero-order chi connectivity index (χ0) is 20.9. The van der Waals surface area contributed by atoms with Gasteiger partial charge in [0, 0.05) is 12.6 Å². The molecule has 1 saturated carbocycles. The van der Waals surface area contributed by atoms with Crippen LogP contribution in [0.3, 0.4) is 0 Å². The lowest BCUT2D eigenvalue weighted by Crippen LogP contribution is -2.43. The Morgan fingerprint density at radius 2 is 1.82 bits per heavy atom. The largest absolute Gasteiger partial charge is 0.573 e. The standard InChI is InChI=1S/C21H28F3NO3/c1-5-15-11-16(13-18(12-15)27-21(22,23)24)14-25(17-9-7-6-8-10-17)19(26)28-20(2,3)4/h5,11-13,17H,1,6-10,14H2,2-4H3. The highest BCUT2D eigenvalue weighted by Crippen LogP contribution is 2.29. The maximum atomic E-state index is 12.8. The van der Waals surface area contributed by atoms with Crippen LogP contribution < -0.4 is 4.74 Å². The van der Waals surface area contributed by atoms with E-state index in [4.69, 9.17) is 4.74 Å². The second-order valence-corrected chi connectivity index (χ2v) is 8.06. The van der Waals surface area contributed by atoms with Crippen molar-refractivity contribution in [1.29, 1.82) is 0 Å². The van der Waals surface area contributed by atoms with Crippen LogP contribution in [0, 0.1) is 0 Å². The fourth-order valence-electron chi connectivity index (χ4n) is 3.34. The SMILES string of the molecule is C=Cc1cc(CN(C(=O)OC(C)(C)C)C2CCCCC2)cc(OC(F)(F)F)c1. The zero-order valence-electron chi connectivity index (χ0n) is 16.6. The van der Waals surface area contributed by atoms with E-state index in [0.29, 0.717) is 11.1 Å². The number of carbonyl (C=O) groups is 1. The van der Waals surface area contributed by atoms with Crippen LogP contribution in [0.25, 0.3) is 6.08 Å². The topological polar surface area (TPSA) is 38.8 Å². The second-order valence-electron chi connectivity index (χ2n) is 8.06. The van der Waals surface area contributed by atoms with Gasteiger partial charge in [-0.1, -0.05) is 31.9 Å². The van der Waals surface area contributed by atoms with Gasteiger partial charge in [-0.05, 0) is 62.9 Å². The summed E-state index contributed by atoms with van der Waals surface area (Å²) < 4.78 is 47.5. The van der Waals surface area contributed by atoms with Crippen molar-refractivity contribution in [3.63, 3.8) is 0 Å². The average Bonchev–Trinajstić information content (AvgIpc) is 2.57. The molecule has 4 nitrogen and oxygen atoms in total. The summed E-state index contributed by atoms with van der Waals surface area (Å²) in [7, 11) is 0. The molecule has 1 aromatic rings. The maximum Gasteiger partial charge on any atom is 0.573 e. The number of hydrogen-bond acceptors (Lipinski definition) is 3. The Morgan fingerprint density at radius 3 is 2.36 bits per heavy atom. The van der Waals surface area contributed by atoms with Crippen LogP contribution in [0.4, 0.5) is 18.0 Å². The first-order valence-electron chi connectivity index (χ1n) is 9.48. The van der Waals surface area contributed by atoms with E-state index in [0.717, 1.165) is 32.1 Å². The van der Waals surface area contributed by atoms with Gasteiger partial charge in [0.15, 0.2) is 0 Å². The normalized spacial score (nSPS) is 15.8. The van der Waals surface area contributed by atoms with Crippen molar-refractivity contribution in [1.82, 2.24) is 4.90 Å². The van der Waals surface area contributed by atoms with E-state index in [9.17, 15) is 18.0 Å². The Labute approximate surface area is 164 Å². The Hall–Kier alpha value is -2.18. The third-order valence-electron chi connectivity index (χ3n) is 4.45. The fourth-order valence-corrected chi connectivity index (χ4v) is 3.34. The van der Waals surface area contributed by atoms with Crippen molar-refractivity contribution in [2.45, 2.75) is 77.4 Å². The molecular formula is C21H28F3NO3. The molecule has 7 heteroatoms. The van der Waals surface area contributed by atoms with Crippen molar-refractivity contribution >= 4 is 12.2 Å². The number of carbonyl (C=O) groups excluding carboxylic acids is 1. The summed E-state index contributed by atoms with van der Waals surface area (Å²) in [6, 6.07) is 4.28. The number of benzene rings is 1. The smallest absolute Gasteiger partial charge is 0.444 e. The van der Waals surface area contributed by atoms with E-state index in [1.807, 2.05) is 0 Å². The van der Waals surface area contributed by atoms with E-state index in [1.54, 1.807) is 31.7 Å². The molecule has 1 amide bonds. The van der Waals surface area contributed by atoms with Crippen LogP contribution >= 0.6 is 0 Å². The molecule has 0 unspecified atom stereocenters. The third kappa shape index (κ3) is 7.09. The highest BCUT2D eigenvalue weighted by molar-refractivity contribution is 5.69. The van der Waals surface area contributed by atoms with Gasteiger partial charge in [0.1, 0.15) is 11.4 Å². The van der Waals surface area contributed by atoms with Gasteiger partial charge in [0.25, 0.3) is 0 Å². The molecule has 0 aromatic heterocycles. The highest BCUT2D eigenvalue weighted by Gasteiger charge is 2.32. The van der Waals surface area contributed by atoms with Crippen molar-refractivity contribution < 1.29 is 27.4 Å². The number of hydrogen-bond donors (Lipinski definition) is 0. The predicted octanol–water partition coefficient (Wildman–Crippen LogP) is 6.30. The van der Waals surface area contributed by atoms with E-state index >= 15 is 0 Å². The molecule has 0 bridgehead atoms. The molecule has 0 aliphatic heterocycles. The first-order chi connectivity index (χ1) is 13.0. The van der Waals surface area contributed by atoms with Crippen LogP contribution in [0.15, 0.2) is 24.8 Å².